The molecular formula is C68H44N2. The van der Waals surface area contributed by atoms with Gasteiger partial charge in [-0.15, -0.1) is 0 Å². The summed E-state index contributed by atoms with van der Waals surface area (Å²) in [6, 6.07) is 98.1. The standard InChI is InChI=1S/C68H44N2/c1-2-18-53(19-3-1)70-66-27-13-26-60(67(66)64-41-34-47-15-5-9-23-61(47)68(64)70)50-17-12-20-56(43-50)69(54-36-30-45(31-37-54)49-35-40-59-52(42-49)29-28-46-14-4-7-21-57(46)59)55-38-32-48(33-39-55)65-44-51-16-6-8-22-58(51)62-24-10-11-25-63(62)65/h1-44H. The van der Waals surface area contributed by atoms with Gasteiger partial charge >= 0.3 is 0 Å². The normalized spacial score (nSPS) is 11.7. The second-order valence-electron chi connectivity index (χ2n) is 18.4. The Bertz CT molecular complexity index is 4340. The van der Waals surface area contributed by atoms with Gasteiger partial charge in [-0.1, -0.05) is 200 Å². The van der Waals surface area contributed by atoms with Crippen molar-refractivity contribution in [2.75, 3.05) is 4.90 Å². The van der Waals surface area contributed by atoms with Crippen molar-refractivity contribution in [2.45, 2.75) is 0 Å². The van der Waals surface area contributed by atoms with Crippen molar-refractivity contribution in [1.29, 1.82) is 0 Å². The summed E-state index contributed by atoms with van der Waals surface area (Å²) < 4.78 is 2.45. The van der Waals surface area contributed by atoms with Gasteiger partial charge in [0.1, 0.15) is 0 Å². The van der Waals surface area contributed by atoms with Crippen LogP contribution in [0.1, 0.15) is 0 Å². The number of anilines is 3. The van der Waals surface area contributed by atoms with Crippen molar-refractivity contribution < 1.29 is 0 Å². The maximum atomic E-state index is 2.45. The minimum Gasteiger partial charge on any atom is -0.310 e. The van der Waals surface area contributed by atoms with Crippen LogP contribution < -0.4 is 4.90 Å². The SMILES string of the molecule is c1ccc(-n2c3cccc(-c4cccc(N(c5ccc(-c6ccc7c(ccc8ccccc87)c6)cc5)c5ccc(-c6cc7ccccc7c7ccccc67)cc5)c4)c3c3ccc4ccccc4c32)cc1. The van der Waals surface area contributed by atoms with E-state index < -0.39 is 0 Å². The summed E-state index contributed by atoms with van der Waals surface area (Å²) in [6.45, 7) is 0. The molecule has 13 aromatic carbocycles. The van der Waals surface area contributed by atoms with E-state index >= 15 is 0 Å². The lowest BCUT2D eigenvalue weighted by molar-refractivity contribution is 1.19. The van der Waals surface area contributed by atoms with Gasteiger partial charge in [0.25, 0.3) is 0 Å². The van der Waals surface area contributed by atoms with Crippen LogP contribution in [0.4, 0.5) is 17.1 Å². The zero-order chi connectivity index (χ0) is 46.1. The number of nitrogens with zero attached hydrogens (tertiary/aromatic N) is 2. The van der Waals surface area contributed by atoms with E-state index in [0.29, 0.717) is 0 Å². The fourth-order valence-corrected chi connectivity index (χ4v) is 11.3. The van der Waals surface area contributed by atoms with Gasteiger partial charge in [-0.05, 0) is 149 Å². The van der Waals surface area contributed by atoms with Crippen LogP contribution in [-0.4, -0.2) is 4.57 Å². The third-order valence-electron chi connectivity index (χ3n) is 14.5. The van der Waals surface area contributed by atoms with E-state index in [1.165, 1.54) is 103 Å². The average Bonchev–Trinajstić information content (AvgIpc) is 3.79. The monoisotopic (exact) mass is 888 g/mol. The lowest BCUT2D eigenvalue weighted by atomic mass is 9.93. The van der Waals surface area contributed by atoms with Crippen LogP contribution >= 0.6 is 0 Å². The van der Waals surface area contributed by atoms with Crippen molar-refractivity contribution in [3.8, 4) is 39.1 Å². The van der Waals surface area contributed by atoms with Crippen LogP contribution in [0.3, 0.4) is 0 Å². The molecule has 2 heteroatoms. The molecule has 0 fully saturated rings. The second-order valence-corrected chi connectivity index (χ2v) is 18.4. The minimum absolute atomic E-state index is 1.08. The fraction of sp³-hybridized carbons (Fsp3) is 0. The Morgan fingerprint density at radius 3 is 1.57 bits per heavy atom. The molecule has 0 unspecified atom stereocenters. The largest absolute Gasteiger partial charge is 0.310 e. The van der Waals surface area contributed by atoms with Gasteiger partial charge in [0.05, 0.1) is 11.0 Å². The van der Waals surface area contributed by atoms with E-state index in [0.717, 1.165) is 28.3 Å². The lowest BCUT2D eigenvalue weighted by Gasteiger charge is -2.26. The van der Waals surface area contributed by atoms with E-state index in [1.807, 2.05) is 0 Å². The molecule has 14 rings (SSSR count). The topological polar surface area (TPSA) is 8.17 Å². The third-order valence-corrected chi connectivity index (χ3v) is 14.5. The quantitative estimate of drug-likeness (QED) is 0.145. The van der Waals surface area contributed by atoms with Crippen molar-refractivity contribution in [3.63, 3.8) is 0 Å². The first-order chi connectivity index (χ1) is 34.7. The Morgan fingerprint density at radius 1 is 0.257 bits per heavy atom. The van der Waals surface area contributed by atoms with Crippen LogP contribution in [0.5, 0.6) is 0 Å². The molecular weight excluding hydrogens is 845 g/mol. The fourth-order valence-electron chi connectivity index (χ4n) is 11.3. The Labute approximate surface area is 406 Å². The van der Waals surface area contributed by atoms with Crippen LogP contribution in [0.25, 0.3) is 115 Å². The number of aromatic nitrogens is 1. The van der Waals surface area contributed by atoms with E-state index in [9.17, 15) is 0 Å². The van der Waals surface area contributed by atoms with Gasteiger partial charge in [0, 0.05) is 38.9 Å². The first-order valence-electron chi connectivity index (χ1n) is 24.2. The van der Waals surface area contributed by atoms with Gasteiger partial charge in [0.15, 0.2) is 0 Å². The summed E-state index contributed by atoms with van der Waals surface area (Å²) in [4.78, 5) is 2.41. The Kier molecular flexibility index (Phi) is 9.25. The molecule has 0 aliphatic heterocycles. The predicted octanol–water partition coefficient (Wildman–Crippen LogP) is 19.0. The van der Waals surface area contributed by atoms with Crippen molar-refractivity contribution in [3.05, 3.63) is 267 Å². The Balaban J connectivity index is 0.922. The number of benzene rings is 13. The Morgan fingerprint density at radius 2 is 0.800 bits per heavy atom. The predicted molar refractivity (Wildman–Crippen MR) is 299 cm³/mol. The molecule has 0 N–H and O–H groups in total. The molecule has 0 atom stereocenters. The molecule has 0 saturated carbocycles. The summed E-state index contributed by atoms with van der Waals surface area (Å²) in [5, 5.41) is 15.1. The van der Waals surface area contributed by atoms with E-state index in [1.54, 1.807) is 0 Å². The molecule has 2 nitrogen and oxygen atoms in total. The highest BCUT2D eigenvalue weighted by molar-refractivity contribution is 6.22. The molecule has 1 heterocycles. The molecule has 326 valence electrons. The first kappa shape index (κ1) is 39.9. The lowest BCUT2D eigenvalue weighted by Crippen LogP contribution is -2.10. The van der Waals surface area contributed by atoms with Crippen LogP contribution in [0, 0.1) is 0 Å². The third kappa shape index (κ3) is 6.49. The highest BCUT2D eigenvalue weighted by Gasteiger charge is 2.20. The maximum absolute atomic E-state index is 2.45. The van der Waals surface area contributed by atoms with Gasteiger partial charge in [-0.25, -0.2) is 0 Å². The van der Waals surface area contributed by atoms with Gasteiger partial charge in [-0.2, -0.15) is 0 Å². The van der Waals surface area contributed by atoms with E-state index in [-0.39, 0.29) is 0 Å². The zero-order valence-electron chi connectivity index (χ0n) is 38.3. The van der Waals surface area contributed by atoms with Crippen molar-refractivity contribution >= 4 is 92.7 Å². The smallest absolute Gasteiger partial charge is 0.0619 e. The summed E-state index contributed by atoms with van der Waals surface area (Å²) in [6.07, 6.45) is 0. The minimum atomic E-state index is 1.08. The van der Waals surface area contributed by atoms with E-state index in [2.05, 4.69) is 276 Å². The van der Waals surface area contributed by atoms with Gasteiger partial charge in [0.2, 0.25) is 0 Å². The molecule has 0 saturated heterocycles. The molecule has 0 radical (unpaired) electrons. The molecule has 0 aliphatic carbocycles. The number of hydrogen-bond acceptors (Lipinski definition) is 1. The summed E-state index contributed by atoms with van der Waals surface area (Å²) in [5.74, 6) is 0. The van der Waals surface area contributed by atoms with Gasteiger partial charge < -0.3 is 9.47 Å². The number of fused-ring (bicyclic) bond motifs is 11. The molecule has 14 aromatic rings. The number of hydrogen-bond donors (Lipinski definition) is 0. The molecule has 1 aromatic heterocycles. The van der Waals surface area contributed by atoms with Crippen molar-refractivity contribution in [1.82, 2.24) is 4.57 Å². The van der Waals surface area contributed by atoms with Gasteiger partial charge in [-0.3, -0.25) is 0 Å². The van der Waals surface area contributed by atoms with E-state index in [4.69, 9.17) is 0 Å². The maximum Gasteiger partial charge on any atom is 0.0619 e. The van der Waals surface area contributed by atoms with Crippen LogP contribution in [-0.2, 0) is 0 Å². The molecule has 0 bridgehead atoms. The second kappa shape index (κ2) is 16.2. The first-order valence-corrected chi connectivity index (χ1v) is 24.2. The van der Waals surface area contributed by atoms with Crippen molar-refractivity contribution in [2.24, 2.45) is 0 Å². The highest BCUT2D eigenvalue weighted by atomic mass is 15.1. The Hall–Kier alpha value is -9.24. The van der Waals surface area contributed by atoms with Crippen LogP contribution in [0.15, 0.2) is 267 Å². The molecule has 0 spiro atoms. The zero-order valence-corrected chi connectivity index (χ0v) is 38.3. The highest BCUT2D eigenvalue weighted by Crippen LogP contribution is 2.44. The van der Waals surface area contributed by atoms with Crippen LogP contribution in [0.2, 0.25) is 0 Å². The summed E-state index contributed by atoms with van der Waals surface area (Å²) in [5.41, 5.74) is 14.0. The molecule has 70 heavy (non-hydrogen) atoms. The number of rotatable bonds is 7. The molecule has 0 aliphatic rings. The summed E-state index contributed by atoms with van der Waals surface area (Å²) >= 11 is 0. The summed E-state index contributed by atoms with van der Waals surface area (Å²) in [7, 11) is 0. The number of para-hydroxylation sites is 1. The molecule has 0 amide bonds. The average molecular weight is 889 g/mol.